The van der Waals surface area contributed by atoms with Crippen molar-refractivity contribution in [3.63, 3.8) is 0 Å². The first-order chi connectivity index (χ1) is 13.5. The third-order valence-electron chi connectivity index (χ3n) is 4.91. The Morgan fingerprint density at radius 1 is 1.00 bits per heavy atom. The van der Waals surface area contributed by atoms with Crippen LogP contribution in [0.3, 0.4) is 0 Å². The first-order valence-corrected chi connectivity index (χ1v) is 9.83. The SMILES string of the molecule is Cc1c(I)ccc2c(-c3cccc4nn(C)cc34)nn(-c3ccc(F)nc3)c12. The summed E-state index contributed by atoms with van der Waals surface area (Å²) in [7, 11) is 1.91. The van der Waals surface area contributed by atoms with Crippen LogP contribution < -0.4 is 0 Å². The summed E-state index contributed by atoms with van der Waals surface area (Å²) in [5.41, 5.74) is 5.66. The normalized spacial score (nSPS) is 11.6. The molecule has 138 valence electrons. The van der Waals surface area contributed by atoms with Crippen molar-refractivity contribution in [1.29, 1.82) is 0 Å². The van der Waals surface area contributed by atoms with E-state index in [1.54, 1.807) is 6.07 Å². The molecule has 0 amide bonds. The lowest BCUT2D eigenvalue weighted by molar-refractivity contribution is 0.582. The minimum atomic E-state index is -0.508. The summed E-state index contributed by atoms with van der Waals surface area (Å²) < 4.78 is 18.2. The first kappa shape index (κ1) is 17.3. The highest BCUT2D eigenvalue weighted by Crippen LogP contribution is 2.36. The molecule has 0 aliphatic heterocycles. The maximum Gasteiger partial charge on any atom is 0.212 e. The van der Waals surface area contributed by atoms with Gasteiger partial charge < -0.3 is 0 Å². The predicted octanol–water partition coefficient (Wildman–Crippen LogP) is 5.03. The van der Waals surface area contributed by atoms with Crippen LogP contribution in [0.4, 0.5) is 4.39 Å². The molecule has 5 rings (SSSR count). The van der Waals surface area contributed by atoms with E-state index in [9.17, 15) is 4.39 Å². The fourth-order valence-corrected chi connectivity index (χ4v) is 4.03. The van der Waals surface area contributed by atoms with Crippen LogP contribution in [0.25, 0.3) is 38.8 Å². The monoisotopic (exact) mass is 483 g/mol. The molecular formula is C21H15FIN5. The van der Waals surface area contributed by atoms with Crippen LogP contribution in [0.5, 0.6) is 0 Å². The lowest BCUT2D eigenvalue weighted by Crippen LogP contribution is -1.99. The average molecular weight is 483 g/mol. The van der Waals surface area contributed by atoms with E-state index < -0.39 is 5.95 Å². The van der Waals surface area contributed by atoms with Gasteiger partial charge in [0, 0.05) is 33.2 Å². The Labute approximate surface area is 174 Å². The summed E-state index contributed by atoms with van der Waals surface area (Å²) >= 11 is 2.33. The Bertz CT molecular complexity index is 1350. The molecule has 0 spiro atoms. The molecule has 7 heteroatoms. The van der Waals surface area contributed by atoms with Gasteiger partial charge in [-0.1, -0.05) is 12.1 Å². The van der Waals surface area contributed by atoms with Gasteiger partial charge in [-0.05, 0) is 65.4 Å². The third kappa shape index (κ3) is 2.61. The van der Waals surface area contributed by atoms with Crippen LogP contribution >= 0.6 is 22.6 Å². The van der Waals surface area contributed by atoms with E-state index in [0.717, 1.165) is 47.9 Å². The Balaban J connectivity index is 1.88. The quantitative estimate of drug-likeness (QED) is 0.262. The first-order valence-electron chi connectivity index (χ1n) is 8.75. The maximum atomic E-state index is 13.4. The van der Waals surface area contributed by atoms with Gasteiger partial charge in [0.05, 0.1) is 22.9 Å². The van der Waals surface area contributed by atoms with Crippen molar-refractivity contribution < 1.29 is 4.39 Å². The Morgan fingerprint density at radius 2 is 1.86 bits per heavy atom. The van der Waals surface area contributed by atoms with E-state index in [2.05, 4.69) is 57.8 Å². The van der Waals surface area contributed by atoms with E-state index >= 15 is 0 Å². The lowest BCUT2D eigenvalue weighted by atomic mass is 10.0. The molecule has 3 aromatic heterocycles. The van der Waals surface area contributed by atoms with Gasteiger partial charge in [-0.3, -0.25) is 4.68 Å². The number of aromatic nitrogens is 5. The molecule has 2 aromatic carbocycles. The number of pyridine rings is 1. The van der Waals surface area contributed by atoms with Crippen molar-refractivity contribution in [2.75, 3.05) is 0 Å². The summed E-state index contributed by atoms with van der Waals surface area (Å²) in [6.07, 6.45) is 3.52. The van der Waals surface area contributed by atoms with Gasteiger partial charge >= 0.3 is 0 Å². The Kier molecular flexibility index (Phi) is 3.94. The van der Waals surface area contributed by atoms with Crippen LogP contribution in [0.2, 0.25) is 0 Å². The molecule has 0 N–H and O–H groups in total. The van der Waals surface area contributed by atoms with Gasteiger partial charge in [0.15, 0.2) is 0 Å². The number of hydrogen-bond acceptors (Lipinski definition) is 3. The summed E-state index contributed by atoms with van der Waals surface area (Å²) in [5.74, 6) is -0.508. The molecule has 0 bridgehead atoms. The summed E-state index contributed by atoms with van der Waals surface area (Å²) in [5, 5.41) is 11.5. The van der Waals surface area contributed by atoms with Crippen molar-refractivity contribution in [2.45, 2.75) is 6.92 Å². The zero-order valence-corrected chi connectivity index (χ0v) is 17.3. The second kappa shape index (κ2) is 6.37. The fraction of sp³-hybridized carbons (Fsp3) is 0.0952. The molecule has 5 nitrogen and oxygen atoms in total. The Hall–Kier alpha value is -2.81. The molecule has 0 unspecified atom stereocenters. The highest BCUT2D eigenvalue weighted by atomic mass is 127. The van der Waals surface area contributed by atoms with Gasteiger partial charge in [-0.15, -0.1) is 0 Å². The number of nitrogens with zero attached hydrogens (tertiary/aromatic N) is 5. The van der Waals surface area contributed by atoms with Crippen molar-refractivity contribution >= 4 is 44.4 Å². The van der Waals surface area contributed by atoms with E-state index in [-0.39, 0.29) is 0 Å². The maximum absolute atomic E-state index is 13.4. The largest absolute Gasteiger partial charge is 0.275 e. The van der Waals surface area contributed by atoms with Crippen LogP contribution in [0.1, 0.15) is 5.56 Å². The second-order valence-electron chi connectivity index (χ2n) is 6.71. The smallest absolute Gasteiger partial charge is 0.212 e. The molecule has 0 saturated carbocycles. The minimum Gasteiger partial charge on any atom is -0.275 e. The van der Waals surface area contributed by atoms with E-state index in [0.29, 0.717) is 0 Å². The zero-order valence-electron chi connectivity index (χ0n) is 15.2. The topological polar surface area (TPSA) is 48.5 Å². The zero-order chi connectivity index (χ0) is 19.4. The highest BCUT2D eigenvalue weighted by Gasteiger charge is 2.19. The van der Waals surface area contributed by atoms with Crippen LogP contribution in [0, 0.1) is 16.4 Å². The van der Waals surface area contributed by atoms with Gasteiger partial charge in [0.25, 0.3) is 0 Å². The van der Waals surface area contributed by atoms with Crippen LogP contribution in [-0.4, -0.2) is 24.5 Å². The molecule has 0 radical (unpaired) electrons. The molecule has 3 heterocycles. The molecule has 0 atom stereocenters. The summed E-state index contributed by atoms with van der Waals surface area (Å²) in [6, 6.07) is 13.3. The summed E-state index contributed by atoms with van der Waals surface area (Å²) in [4.78, 5) is 3.81. The number of rotatable bonds is 2. The van der Waals surface area contributed by atoms with E-state index in [4.69, 9.17) is 5.10 Å². The average Bonchev–Trinajstić information content (AvgIpc) is 3.25. The number of hydrogen-bond donors (Lipinski definition) is 0. The number of benzene rings is 2. The van der Waals surface area contributed by atoms with E-state index in [1.165, 1.54) is 12.3 Å². The molecule has 0 saturated heterocycles. The van der Waals surface area contributed by atoms with Crippen molar-refractivity contribution in [1.82, 2.24) is 24.5 Å². The molecular weight excluding hydrogens is 468 g/mol. The molecule has 28 heavy (non-hydrogen) atoms. The van der Waals surface area contributed by atoms with Gasteiger partial charge in [-0.2, -0.15) is 14.6 Å². The van der Waals surface area contributed by atoms with Crippen LogP contribution in [0.15, 0.2) is 54.9 Å². The number of halogens is 2. The molecule has 5 aromatic rings. The van der Waals surface area contributed by atoms with Crippen LogP contribution in [-0.2, 0) is 7.05 Å². The fourth-order valence-electron chi connectivity index (χ4n) is 3.59. The predicted molar refractivity (Wildman–Crippen MR) is 116 cm³/mol. The second-order valence-corrected chi connectivity index (χ2v) is 7.87. The molecule has 0 fully saturated rings. The van der Waals surface area contributed by atoms with Crippen molar-refractivity contribution in [2.24, 2.45) is 7.05 Å². The van der Waals surface area contributed by atoms with Crippen molar-refractivity contribution in [3.8, 4) is 16.9 Å². The molecule has 0 aliphatic rings. The number of fused-ring (bicyclic) bond motifs is 2. The van der Waals surface area contributed by atoms with Gasteiger partial charge in [0.1, 0.15) is 5.69 Å². The lowest BCUT2D eigenvalue weighted by Gasteiger charge is -2.06. The van der Waals surface area contributed by atoms with Crippen molar-refractivity contribution in [3.05, 3.63) is 69.9 Å². The van der Waals surface area contributed by atoms with E-state index in [1.807, 2.05) is 34.7 Å². The Morgan fingerprint density at radius 3 is 2.64 bits per heavy atom. The standard InChI is InChI=1S/C21H15FIN5/c1-12-17(23)8-7-15-20(14-4-3-5-18-16(14)11-27(2)25-18)26-28(21(12)15)13-6-9-19(22)24-10-13/h3-11H,1-2H3. The minimum absolute atomic E-state index is 0.508. The third-order valence-corrected chi connectivity index (χ3v) is 6.08. The summed E-state index contributed by atoms with van der Waals surface area (Å²) in [6.45, 7) is 2.08. The molecule has 0 aliphatic carbocycles. The van der Waals surface area contributed by atoms with Gasteiger partial charge in [-0.25, -0.2) is 9.67 Å². The van der Waals surface area contributed by atoms with Gasteiger partial charge in [0.2, 0.25) is 5.95 Å². The highest BCUT2D eigenvalue weighted by molar-refractivity contribution is 14.1. The number of aryl methyl sites for hydroxylation is 2.